The van der Waals surface area contributed by atoms with Crippen molar-refractivity contribution in [2.24, 2.45) is 0 Å². The molecule has 3 heterocycles. The number of methoxy groups -OCH3 is 2. The zero-order valence-electron chi connectivity index (χ0n) is 56.9. The van der Waals surface area contributed by atoms with Crippen LogP contribution in [0.25, 0.3) is 21.5 Å². The van der Waals surface area contributed by atoms with Crippen molar-refractivity contribution >= 4 is 107 Å². The lowest BCUT2D eigenvalue weighted by molar-refractivity contribution is -0.442. The summed E-state index contributed by atoms with van der Waals surface area (Å²) in [5.74, 6) is -3.29. The van der Waals surface area contributed by atoms with E-state index in [2.05, 4.69) is 0 Å². The summed E-state index contributed by atoms with van der Waals surface area (Å²) in [5.41, 5.74) is -0.843. The number of hydrogen-bond donors (Lipinski definition) is 0. The minimum absolute atomic E-state index is 0.00659. The maximum absolute atomic E-state index is 13.3. The average molecular weight is 1530 g/mol. The van der Waals surface area contributed by atoms with Crippen LogP contribution in [0.1, 0.15) is 76.8 Å². The van der Waals surface area contributed by atoms with Crippen molar-refractivity contribution < 1.29 is 136 Å². The summed E-state index contributed by atoms with van der Waals surface area (Å²) < 4.78 is 248. The number of carbonyl (C=O) groups excluding carboxylic acids is 3. The molecule has 566 valence electrons. The molecular weight excluding hydrogens is 1450 g/mol. The van der Waals surface area contributed by atoms with Crippen molar-refractivity contribution in [3.63, 3.8) is 0 Å². The van der Waals surface area contributed by atoms with Crippen LogP contribution in [0.15, 0.2) is 104 Å². The highest BCUT2D eigenvalue weighted by molar-refractivity contribution is 7.87. The Labute approximate surface area is 593 Å². The number of benzene rings is 4. The van der Waals surface area contributed by atoms with Crippen LogP contribution in [0.3, 0.4) is 0 Å². The van der Waals surface area contributed by atoms with E-state index in [1.165, 1.54) is 31.4 Å². The molecule has 1 fully saturated rings. The van der Waals surface area contributed by atoms with Gasteiger partial charge in [0.25, 0.3) is 11.8 Å². The molecule has 4 aromatic rings. The van der Waals surface area contributed by atoms with Gasteiger partial charge in [-0.1, -0.05) is 23.8 Å². The van der Waals surface area contributed by atoms with E-state index >= 15 is 0 Å². The van der Waals surface area contributed by atoms with E-state index in [1.807, 2.05) is 0 Å². The maximum atomic E-state index is 13.3. The SMILES string of the molecule is COCCOCCOCCOCCOCCOCC[N+]1=C(/C=C/C(C)=C/C=C2/N(CCCC(=O)ON3C(=O)CCC3=O)c3ccc4c(S(=O)(=O)[O-])cc(S(=O)(=O)[O-])cc4c3C2(C)CCOCCOCCOCCOC)C(C)(CCCS(=O)(=O)[O-])c2c1ccc1c(S(=O)(=O)[O-])cc(S(=O)(=O)[O-])cc21. The molecule has 0 aromatic heterocycles. The molecule has 2 atom stereocenters. The number of hydroxylamine groups is 2. The molecule has 0 radical (unpaired) electrons. The predicted molar refractivity (Wildman–Crippen MR) is 358 cm³/mol. The molecule has 1 saturated heterocycles. The number of carbonyl (C=O) groups is 3. The van der Waals surface area contributed by atoms with Gasteiger partial charge in [0.2, 0.25) is 5.69 Å². The summed E-state index contributed by atoms with van der Waals surface area (Å²) >= 11 is 0. The van der Waals surface area contributed by atoms with Crippen LogP contribution in [0.2, 0.25) is 0 Å². The van der Waals surface area contributed by atoms with Gasteiger partial charge >= 0.3 is 5.97 Å². The minimum atomic E-state index is -5.51. The lowest BCUT2D eigenvalue weighted by Crippen LogP contribution is -2.33. The van der Waals surface area contributed by atoms with Crippen molar-refractivity contribution in [1.29, 1.82) is 0 Å². The van der Waals surface area contributed by atoms with Crippen LogP contribution in [0, 0.1) is 0 Å². The quantitative estimate of drug-likeness (QED) is 0.0200. The van der Waals surface area contributed by atoms with Crippen LogP contribution in [0.4, 0.5) is 11.4 Å². The molecule has 3 aliphatic heterocycles. The van der Waals surface area contributed by atoms with Gasteiger partial charge in [-0.2, -0.15) is 4.58 Å². The lowest BCUT2D eigenvalue weighted by atomic mass is 9.74. The second kappa shape index (κ2) is 37.2. The molecule has 0 saturated carbocycles. The van der Waals surface area contributed by atoms with Gasteiger partial charge in [-0.3, -0.25) is 9.59 Å². The van der Waals surface area contributed by atoms with Crippen molar-refractivity contribution in [2.45, 2.75) is 96.1 Å². The third-order valence-corrected chi connectivity index (χ3v) is 21.1. The Morgan fingerprint density at radius 2 is 0.990 bits per heavy atom. The lowest BCUT2D eigenvalue weighted by Gasteiger charge is -2.31. The minimum Gasteiger partial charge on any atom is -0.748 e. The zero-order valence-corrected chi connectivity index (χ0v) is 61.0. The maximum Gasteiger partial charge on any atom is 0.333 e. The molecule has 2 unspecified atom stereocenters. The molecule has 0 spiro atoms. The Kier molecular flexibility index (Phi) is 30.3. The first-order valence-corrected chi connectivity index (χ1v) is 39.5. The number of anilines is 1. The molecule has 4 aromatic carbocycles. The van der Waals surface area contributed by atoms with Crippen molar-refractivity contribution in [3.05, 3.63) is 95.2 Å². The van der Waals surface area contributed by atoms with Crippen molar-refractivity contribution in [3.8, 4) is 0 Å². The smallest absolute Gasteiger partial charge is 0.333 e. The first-order valence-electron chi connectivity index (χ1n) is 32.3. The van der Waals surface area contributed by atoms with E-state index in [1.54, 1.807) is 61.7 Å². The highest BCUT2D eigenvalue weighted by Gasteiger charge is 2.49. The number of rotatable bonds is 46. The topological polar surface area (TPSA) is 448 Å². The van der Waals surface area contributed by atoms with Gasteiger partial charge in [0.05, 0.1) is 141 Å². The van der Waals surface area contributed by atoms with Crippen LogP contribution < -0.4 is 4.90 Å². The van der Waals surface area contributed by atoms with E-state index in [0.717, 1.165) is 12.1 Å². The molecule has 0 bridgehead atoms. The number of fused-ring (bicyclic) bond motifs is 6. The molecule has 32 nitrogen and oxygen atoms in total. The first kappa shape index (κ1) is 83.1. The van der Waals surface area contributed by atoms with Gasteiger partial charge in [0.15, 0.2) is 12.3 Å². The van der Waals surface area contributed by atoms with Gasteiger partial charge < -0.3 is 79.9 Å². The third kappa shape index (κ3) is 22.4. The predicted octanol–water partition coefficient (Wildman–Crippen LogP) is 3.66. The normalized spacial score (nSPS) is 18.2. The molecule has 3 aliphatic rings. The Hall–Kier alpha value is -6.15. The fourth-order valence-electron chi connectivity index (χ4n) is 12.2. The monoisotopic (exact) mass is 1530 g/mol. The Morgan fingerprint density at radius 1 is 0.539 bits per heavy atom. The second-order valence-corrected chi connectivity index (χ2v) is 31.0. The standard InChI is InChI=1S/C65H87N3O29S5/c1-46(9-15-57-64(2,19-7-41-98(72,73)74)62-51-42-47(99(75,76)77)44-55(101(81,82)83)49(51)12-14-54(62)67(57)22-24-90-30-32-94-37-38-96-40-39-95-36-34-92-28-26-88-5)10-16-58-65(3,20-23-89-29-31-93-35-33-91-27-25-87-4)63-52-43-48(100(78,79)80)45-56(102(84,85)86)50(52)11-13-53(63)66(58)21-6-8-61(71)97-68-59(69)17-18-60(68)70/h9-16,42-45H,6-8,17-41H2,1-5H3,(H4-,72,73,74,75,76,77,78,79,80,81,82,83,84,85,86)/p-4. The Balaban J connectivity index is 1.31. The van der Waals surface area contributed by atoms with Crippen molar-refractivity contribution in [1.82, 2.24) is 5.06 Å². The van der Waals surface area contributed by atoms with Crippen LogP contribution in [0.5, 0.6) is 0 Å². The summed E-state index contributed by atoms with van der Waals surface area (Å²) in [6.07, 6.45) is 5.23. The van der Waals surface area contributed by atoms with Gasteiger partial charge in [-0.25, -0.2) is 46.9 Å². The first-order chi connectivity index (χ1) is 48.2. The molecule has 0 aliphatic carbocycles. The molecule has 2 amide bonds. The summed E-state index contributed by atoms with van der Waals surface area (Å²) in [5, 5.41) is -0.422. The highest BCUT2D eigenvalue weighted by atomic mass is 32.2. The van der Waals surface area contributed by atoms with E-state index in [0.29, 0.717) is 87.0 Å². The summed E-state index contributed by atoms with van der Waals surface area (Å²) in [4.78, 5) is 40.9. The summed E-state index contributed by atoms with van der Waals surface area (Å²) in [6.45, 7) is 9.05. The largest absolute Gasteiger partial charge is 0.748 e. The highest BCUT2D eigenvalue weighted by Crippen LogP contribution is 2.54. The number of allylic oxidation sites excluding steroid dienone is 6. The van der Waals surface area contributed by atoms with E-state index < -0.39 is 105 Å². The third-order valence-electron chi connectivity index (χ3n) is 17.0. The van der Waals surface area contributed by atoms with Gasteiger partial charge in [0, 0.05) is 92.3 Å². The van der Waals surface area contributed by atoms with Gasteiger partial charge in [-0.05, 0) is 111 Å². The molecule has 7 rings (SSSR count). The van der Waals surface area contributed by atoms with E-state index in [9.17, 15) is 79.2 Å². The number of amides is 2. The number of ether oxygens (including phenoxy) is 10. The van der Waals surface area contributed by atoms with Crippen LogP contribution in [-0.4, -0.2) is 250 Å². The average Bonchev–Trinajstić information content (AvgIpc) is 1.52. The van der Waals surface area contributed by atoms with E-state index in [-0.39, 0.29) is 168 Å². The summed E-state index contributed by atoms with van der Waals surface area (Å²) in [7, 11) is -23.7. The number of hydrogen-bond acceptors (Lipinski definition) is 30. The number of imide groups is 1. The Bertz CT molecular complexity index is 4370. The van der Waals surface area contributed by atoms with Gasteiger partial charge in [-0.15, -0.1) is 5.06 Å². The van der Waals surface area contributed by atoms with Crippen LogP contribution in [-0.2, 0) is 128 Å². The second-order valence-electron chi connectivity index (χ2n) is 24.1. The van der Waals surface area contributed by atoms with E-state index in [4.69, 9.17) is 52.2 Å². The fraction of sp³-hybridized carbons (Fsp3) is 0.538. The summed E-state index contributed by atoms with van der Waals surface area (Å²) in [6, 6.07) is 8.30. The molecule has 0 N–H and O–H groups in total. The fourth-order valence-corrected chi connectivity index (χ4v) is 15.3. The van der Waals surface area contributed by atoms with Crippen LogP contribution >= 0.6 is 0 Å². The van der Waals surface area contributed by atoms with Gasteiger partial charge in [0.1, 0.15) is 47.1 Å². The number of nitrogens with zero attached hydrogens (tertiary/aromatic N) is 3. The van der Waals surface area contributed by atoms with Crippen molar-refractivity contribution in [2.75, 3.05) is 157 Å². The Morgan fingerprint density at radius 3 is 1.45 bits per heavy atom. The zero-order chi connectivity index (χ0) is 74.7. The molecule has 102 heavy (non-hydrogen) atoms. The molecule has 37 heteroatoms. The molecular formula is C65H83N3O29S5-4.